The maximum Gasteiger partial charge on any atom is 0.0541 e. The van der Waals surface area contributed by atoms with Crippen LogP contribution in [0.4, 0.5) is 17.1 Å². The first-order valence-corrected chi connectivity index (χ1v) is 30.5. The summed E-state index contributed by atoms with van der Waals surface area (Å²) in [7, 11) is 0. The van der Waals surface area contributed by atoms with Crippen LogP contribution < -0.4 is 4.90 Å². The van der Waals surface area contributed by atoms with Crippen LogP contribution in [-0.4, -0.2) is 4.57 Å². The zero-order valence-corrected chi connectivity index (χ0v) is 48.7. The van der Waals surface area contributed by atoms with E-state index < -0.39 is 0 Å². The second-order valence-corrected chi connectivity index (χ2v) is 22.8. The van der Waals surface area contributed by atoms with Crippen molar-refractivity contribution in [2.75, 3.05) is 4.90 Å². The van der Waals surface area contributed by atoms with Crippen LogP contribution >= 0.6 is 0 Å². The maximum absolute atomic E-state index is 2.60. The Morgan fingerprint density at radius 2 is 0.704 bits per heavy atom. The molecular weight excluding hydrogens is 977 g/mol. The van der Waals surface area contributed by atoms with Gasteiger partial charge in [0.05, 0.1) is 11.0 Å². The number of rotatable bonds is 23. The molecule has 2 heteroatoms. The van der Waals surface area contributed by atoms with Gasteiger partial charge in [-0.2, -0.15) is 0 Å². The van der Waals surface area contributed by atoms with E-state index in [0.717, 1.165) is 42.7 Å². The van der Waals surface area contributed by atoms with Gasteiger partial charge in [0.25, 0.3) is 0 Å². The molecule has 0 aliphatic carbocycles. The van der Waals surface area contributed by atoms with Crippen molar-refractivity contribution in [2.45, 2.75) is 125 Å². The molecule has 0 spiro atoms. The fraction of sp³-hybridized carbons (Fsp3) is 0.241. The average molecular weight is 1060 g/mol. The molecule has 0 aliphatic heterocycles. The van der Waals surface area contributed by atoms with Gasteiger partial charge in [-0.3, -0.25) is 0 Å². The third-order valence-corrected chi connectivity index (χ3v) is 16.8. The summed E-state index contributed by atoms with van der Waals surface area (Å²) in [6.45, 7) is 11.2. The van der Waals surface area contributed by atoms with Crippen molar-refractivity contribution in [3.63, 3.8) is 0 Å². The molecule has 11 rings (SSSR count). The van der Waals surface area contributed by atoms with Gasteiger partial charge < -0.3 is 9.47 Å². The Kier molecular flexibility index (Phi) is 17.5. The second kappa shape index (κ2) is 25.9. The Morgan fingerprint density at radius 1 is 0.309 bits per heavy atom. The lowest BCUT2D eigenvalue weighted by molar-refractivity contribution is 0.607. The zero-order chi connectivity index (χ0) is 55.5. The third kappa shape index (κ3) is 12.6. The van der Waals surface area contributed by atoms with Crippen LogP contribution in [0.5, 0.6) is 0 Å². The summed E-state index contributed by atoms with van der Waals surface area (Å²) in [4.78, 5) is 2.42. The van der Waals surface area contributed by atoms with Crippen LogP contribution in [-0.2, 0) is 19.3 Å². The summed E-state index contributed by atoms with van der Waals surface area (Å²) in [6.07, 6.45) is 16.9. The third-order valence-electron chi connectivity index (χ3n) is 16.8. The number of benzene rings is 10. The van der Waals surface area contributed by atoms with Crippen molar-refractivity contribution in [3.8, 4) is 61.3 Å². The first-order chi connectivity index (χ1) is 39.8. The van der Waals surface area contributed by atoms with Gasteiger partial charge in [0.1, 0.15) is 0 Å². The molecule has 11 aromatic rings. The molecule has 0 fully saturated rings. The highest BCUT2D eigenvalue weighted by atomic mass is 15.1. The van der Waals surface area contributed by atoms with Crippen LogP contribution in [0.1, 0.15) is 119 Å². The van der Waals surface area contributed by atoms with Crippen molar-refractivity contribution in [3.05, 3.63) is 252 Å². The molecule has 0 saturated carbocycles. The fourth-order valence-corrected chi connectivity index (χ4v) is 12.2. The Balaban J connectivity index is 0.978. The normalized spacial score (nSPS) is 11.5. The summed E-state index contributed by atoms with van der Waals surface area (Å²) in [6, 6.07) is 85.1. The maximum atomic E-state index is 2.60. The lowest BCUT2D eigenvalue weighted by Crippen LogP contribution is -2.10. The molecule has 0 bridgehead atoms. The predicted molar refractivity (Wildman–Crippen MR) is 351 cm³/mol. The van der Waals surface area contributed by atoms with Crippen molar-refractivity contribution in [1.82, 2.24) is 4.57 Å². The van der Waals surface area contributed by atoms with Crippen molar-refractivity contribution in [1.29, 1.82) is 0 Å². The molecular formula is C79H80N2. The molecule has 0 N–H and O–H groups in total. The Morgan fingerprint density at radius 3 is 1.21 bits per heavy atom. The minimum atomic E-state index is 1.05. The number of aryl methyl sites for hydroxylation is 5. The summed E-state index contributed by atoms with van der Waals surface area (Å²) in [5.74, 6) is 0. The Labute approximate surface area is 483 Å². The van der Waals surface area contributed by atoms with E-state index in [4.69, 9.17) is 0 Å². The number of anilines is 3. The Hall–Kier alpha value is -8.20. The molecule has 0 aliphatic rings. The fourth-order valence-electron chi connectivity index (χ4n) is 12.2. The van der Waals surface area contributed by atoms with Gasteiger partial charge in [0, 0.05) is 33.5 Å². The SMILES string of the molecule is CCCCCCCCc1cc(-c2ccc(N(c3ccc(-c4ccc(C)cc4)cc3)c3ccc(-c4ccc(CCC)cc4)cc3)cc2)c(CCCCCC)cc1-c1ccc2c(c1)c1ccccc1n2-c1ccc(-c2ccc(C)cc2)cc1. The van der Waals surface area contributed by atoms with E-state index in [9.17, 15) is 0 Å². The van der Waals surface area contributed by atoms with Crippen molar-refractivity contribution in [2.24, 2.45) is 0 Å². The van der Waals surface area contributed by atoms with E-state index >= 15 is 0 Å². The van der Waals surface area contributed by atoms with Gasteiger partial charge >= 0.3 is 0 Å². The number of hydrogen-bond donors (Lipinski definition) is 0. The van der Waals surface area contributed by atoms with Gasteiger partial charge in [-0.05, 0) is 185 Å². The van der Waals surface area contributed by atoms with Crippen LogP contribution in [0.3, 0.4) is 0 Å². The number of para-hydroxylation sites is 1. The van der Waals surface area contributed by atoms with Crippen LogP contribution in [0.25, 0.3) is 83.1 Å². The second-order valence-electron chi connectivity index (χ2n) is 22.8. The highest BCUT2D eigenvalue weighted by Gasteiger charge is 2.20. The lowest BCUT2D eigenvalue weighted by Gasteiger charge is -2.26. The Bertz CT molecular complexity index is 3800. The van der Waals surface area contributed by atoms with E-state index in [1.54, 1.807) is 0 Å². The number of unbranched alkanes of at least 4 members (excludes halogenated alkanes) is 8. The monoisotopic (exact) mass is 1060 g/mol. The van der Waals surface area contributed by atoms with Gasteiger partial charge in [-0.25, -0.2) is 0 Å². The molecule has 1 heterocycles. The standard InChI is InChI=1S/C79H80N2/c1-6-9-11-13-14-16-21-68-54-75(66-42-51-72(52-43-66)80(70-45-36-63(37-46-70)60-30-24-57(4)25-31-60)71-47-38-65(39-48-71)62-34-28-59(19-8-3)29-35-62)67(20-15-12-10-7-2)55-76(68)69-44-53-79-77(56-69)74-22-17-18-23-78(74)81(79)73-49-40-64(41-50-73)61-32-26-58(5)27-33-61/h17-18,22-56H,6-16,19-21H2,1-5H3. The topological polar surface area (TPSA) is 8.17 Å². The highest BCUT2D eigenvalue weighted by Crippen LogP contribution is 2.42. The number of aromatic nitrogens is 1. The first kappa shape index (κ1) is 54.7. The largest absolute Gasteiger partial charge is 0.311 e. The van der Waals surface area contributed by atoms with E-state index in [2.05, 4.69) is 269 Å². The molecule has 0 unspecified atom stereocenters. The van der Waals surface area contributed by atoms with Gasteiger partial charge in [0.2, 0.25) is 0 Å². The molecule has 10 aromatic carbocycles. The predicted octanol–water partition coefficient (Wildman–Crippen LogP) is 23.2. The van der Waals surface area contributed by atoms with Crippen molar-refractivity contribution < 1.29 is 0 Å². The molecule has 1 aromatic heterocycles. The van der Waals surface area contributed by atoms with Crippen LogP contribution in [0.15, 0.2) is 224 Å². The molecule has 81 heavy (non-hydrogen) atoms. The molecule has 0 saturated heterocycles. The smallest absolute Gasteiger partial charge is 0.0541 e. The van der Waals surface area contributed by atoms with Gasteiger partial charge in [-0.1, -0.05) is 247 Å². The molecule has 0 amide bonds. The van der Waals surface area contributed by atoms with Crippen LogP contribution in [0, 0.1) is 13.8 Å². The van der Waals surface area contributed by atoms with Gasteiger partial charge in [-0.15, -0.1) is 0 Å². The van der Waals surface area contributed by atoms with E-state index in [0.29, 0.717) is 0 Å². The quantitative estimate of drug-likeness (QED) is 0.0580. The number of hydrogen-bond acceptors (Lipinski definition) is 1. The highest BCUT2D eigenvalue weighted by molar-refractivity contribution is 6.10. The molecule has 406 valence electrons. The summed E-state index contributed by atoms with van der Waals surface area (Å²) >= 11 is 0. The van der Waals surface area contributed by atoms with E-state index in [1.807, 2.05) is 0 Å². The van der Waals surface area contributed by atoms with Crippen molar-refractivity contribution >= 4 is 38.9 Å². The number of fused-ring (bicyclic) bond motifs is 3. The van der Waals surface area contributed by atoms with E-state index in [1.165, 1.54) is 175 Å². The molecule has 0 radical (unpaired) electrons. The first-order valence-electron chi connectivity index (χ1n) is 30.5. The van der Waals surface area contributed by atoms with E-state index in [-0.39, 0.29) is 0 Å². The summed E-state index contributed by atoms with van der Waals surface area (Å²) in [5, 5.41) is 2.58. The minimum absolute atomic E-state index is 1.05. The average Bonchev–Trinajstić information content (AvgIpc) is 4.06. The summed E-state index contributed by atoms with van der Waals surface area (Å²) < 4.78 is 2.46. The lowest BCUT2D eigenvalue weighted by atomic mass is 9.86. The zero-order valence-electron chi connectivity index (χ0n) is 48.7. The molecule has 0 atom stereocenters. The van der Waals surface area contributed by atoms with Crippen LogP contribution in [0.2, 0.25) is 0 Å². The number of nitrogens with zero attached hydrogens (tertiary/aromatic N) is 2. The summed E-state index contributed by atoms with van der Waals surface area (Å²) in [5.41, 5.74) is 26.6. The molecule has 2 nitrogen and oxygen atoms in total. The van der Waals surface area contributed by atoms with Gasteiger partial charge in [0.15, 0.2) is 0 Å². The minimum Gasteiger partial charge on any atom is -0.311 e.